The number of aromatic nitrogens is 4. The zero-order chi connectivity index (χ0) is 28.5. The van der Waals surface area contributed by atoms with Crippen LogP contribution in [0.4, 0.5) is 19.0 Å². The maximum Gasteiger partial charge on any atom is 0.573 e. The second-order valence-corrected chi connectivity index (χ2v) is 12.3. The van der Waals surface area contributed by atoms with E-state index >= 15 is 0 Å². The lowest BCUT2D eigenvalue weighted by molar-refractivity contribution is -0.274. The summed E-state index contributed by atoms with van der Waals surface area (Å²) in [6.07, 6.45) is -0.496. The summed E-state index contributed by atoms with van der Waals surface area (Å²) in [5.41, 5.74) is 1.30. The van der Waals surface area contributed by atoms with E-state index in [2.05, 4.69) is 30.0 Å². The molecular weight excluding hydrogens is 595 g/mol. The number of nitrogens with zero attached hydrogens (tertiary/aromatic N) is 6. The number of carbonyl (C=O) groups excluding carboxylic acids is 1. The van der Waals surface area contributed by atoms with Crippen molar-refractivity contribution in [1.29, 1.82) is 0 Å². The number of carbonyl (C=O) groups is 1. The summed E-state index contributed by atoms with van der Waals surface area (Å²) in [4.78, 5) is 31.9. The van der Waals surface area contributed by atoms with Crippen LogP contribution in [0.25, 0.3) is 11.2 Å². The number of thiophene rings is 1. The molecule has 3 aromatic heterocycles. The van der Waals surface area contributed by atoms with Crippen LogP contribution in [0.2, 0.25) is 4.34 Å². The Morgan fingerprint density at radius 1 is 1.12 bits per heavy atom. The summed E-state index contributed by atoms with van der Waals surface area (Å²) in [5.74, 6) is -0.609. The molecule has 4 heterocycles. The first kappa shape index (κ1) is 27.9. The smallest absolute Gasteiger partial charge is 0.406 e. The molecule has 0 saturated carbocycles. The van der Waals surface area contributed by atoms with Gasteiger partial charge in [-0.2, -0.15) is 4.31 Å². The second-order valence-electron chi connectivity index (χ2n) is 8.51. The molecule has 210 valence electrons. The molecule has 40 heavy (non-hydrogen) atoms. The number of alkyl halides is 3. The number of hydrogen-bond donors (Lipinski definition) is 1. The first-order chi connectivity index (χ1) is 19.0. The van der Waals surface area contributed by atoms with Crippen molar-refractivity contribution in [3.8, 4) is 5.75 Å². The van der Waals surface area contributed by atoms with E-state index in [1.165, 1.54) is 43.0 Å². The minimum atomic E-state index is -4.83. The second kappa shape index (κ2) is 11.1. The summed E-state index contributed by atoms with van der Waals surface area (Å²) in [5, 5.41) is 2.68. The van der Waals surface area contributed by atoms with E-state index in [1.807, 2.05) is 0 Å². The molecule has 1 aliphatic rings. The third kappa shape index (κ3) is 6.24. The van der Waals surface area contributed by atoms with Crippen LogP contribution in [-0.2, 0) is 21.4 Å². The van der Waals surface area contributed by atoms with Crippen molar-refractivity contribution in [2.24, 2.45) is 0 Å². The van der Waals surface area contributed by atoms with Crippen LogP contribution in [0.5, 0.6) is 5.75 Å². The first-order valence-electron chi connectivity index (χ1n) is 11.6. The molecule has 0 bridgehead atoms. The highest BCUT2D eigenvalue weighted by molar-refractivity contribution is 7.91. The summed E-state index contributed by atoms with van der Waals surface area (Å²) in [6, 6.07) is 6.64. The lowest BCUT2D eigenvalue weighted by Crippen LogP contribution is -2.60. The van der Waals surface area contributed by atoms with E-state index in [-0.39, 0.29) is 34.7 Å². The number of piperazine rings is 1. The Morgan fingerprint density at radius 2 is 1.90 bits per heavy atom. The van der Waals surface area contributed by atoms with Gasteiger partial charge >= 0.3 is 6.36 Å². The summed E-state index contributed by atoms with van der Waals surface area (Å²) >= 11 is 6.85. The molecule has 4 aromatic rings. The SMILES string of the molecule is O=C(NCc1ccc(OC(F)(F)F)cc1)[C@H]1CN(c2cnc3cncnc3n2)CCN1S(=O)(=O)c1ccc(Cl)s1. The average molecular weight is 614 g/mol. The average Bonchev–Trinajstić information content (AvgIpc) is 3.38. The fourth-order valence-electron chi connectivity index (χ4n) is 4.05. The normalized spacial score (nSPS) is 16.7. The van der Waals surface area contributed by atoms with Crippen molar-refractivity contribution in [2.75, 3.05) is 24.5 Å². The molecule has 1 saturated heterocycles. The topological polar surface area (TPSA) is 131 Å². The van der Waals surface area contributed by atoms with Gasteiger partial charge in [0.2, 0.25) is 5.91 Å². The predicted molar refractivity (Wildman–Crippen MR) is 139 cm³/mol. The highest BCUT2D eigenvalue weighted by Crippen LogP contribution is 2.31. The number of amides is 1. The molecule has 1 amide bonds. The summed E-state index contributed by atoms with van der Waals surface area (Å²) in [7, 11) is -4.08. The van der Waals surface area contributed by atoms with Crippen LogP contribution < -0.4 is 15.0 Å². The molecule has 1 atom stereocenters. The number of rotatable bonds is 7. The molecule has 1 fully saturated rings. The van der Waals surface area contributed by atoms with Crippen LogP contribution in [0.15, 0.2) is 59.3 Å². The molecule has 11 nitrogen and oxygen atoms in total. The lowest BCUT2D eigenvalue weighted by atomic mass is 10.1. The maximum atomic E-state index is 13.5. The standard InChI is InChI=1S/C23H19ClF3N7O4S2/c24-18-5-6-20(39-18)40(36,37)34-8-7-33(19-11-29-16-10-28-13-31-21(16)32-19)12-17(34)22(35)30-9-14-1-3-15(4-2-14)38-23(25,26)27/h1-6,10-11,13,17H,7-9,12H2,(H,30,35)/t17-/m1/s1. The van der Waals surface area contributed by atoms with Gasteiger partial charge in [0, 0.05) is 26.2 Å². The van der Waals surface area contributed by atoms with Gasteiger partial charge in [-0.05, 0) is 29.8 Å². The van der Waals surface area contributed by atoms with E-state index < -0.39 is 34.1 Å². The van der Waals surface area contributed by atoms with Crippen LogP contribution >= 0.6 is 22.9 Å². The number of ether oxygens (including phenoxy) is 1. The first-order valence-corrected chi connectivity index (χ1v) is 14.2. The van der Waals surface area contributed by atoms with Gasteiger partial charge in [-0.25, -0.2) is 28.4 Å². The van der Waals surface area contributed by atoms with Gasteiger partial charge in [0.05, 0.1) is 16.7 Å². The molecular formula is C23H19ClF3N7O4S2. The Kier molecular flexibility index (Phi) is 7.76. The number of nitrogens with one attached hydrogen (secondary N) is 1. The van der Waals surface area contributed by atoms with Crippen molar-refractivity contribution in [2.45, 2.75) is 23.2 Å². The Morgan fingerprint density at radius 3 is 2.60 bits per heavy atom. The summed E-state index contributed by atoms with van der Waals surface area (Å²) < 4.78 is 69.5. The molecule has 5 rings (SSSR count). The van der Waals surface area contributed by atoms with Crippen molar-refractivity contribution < 1.29 is 31.1 Å². The molecule has 0 aliphatic carbocycles. The van der Waals surface area contributed by atoms with Crippen LogP contribution in [-0.4, -0.2) is 70.6 Å². The largest absolute Gasteiger partial charge is 0.573 e. The van der Waals surface area contributed by atoms with Gasteiger partial charge in [-0.15, -0.1) is 24.5 Å². The van der Waals surface area contributed by atoms with E-state index in [9.17, 15) is 26.4 Å². The quantitative estimate of drug-likeness (QED) is 0.334. The monoisotopic (exact) mass is 613 g/mol. The Labute approximate surface area is 234 Å². The molecule has 0 unspecified atom stereocenters. The van der Waals surface area contributed by atoms with Gasteiger partial charge < -0.3 is 15.0 Å². The van der Waals surface area contributed by atoms with Crippen LogP contribution in [0, 0.1) is 0 Å². The fraction of sp³-hybridized carbons (Fsp3) is 0.261. The van der Waals surface area contributed by atoms with E-state index in [0.717, 1.165) is 27.8 Å². The zero-order valence-corrected chi connectivity index (χ0v) is 22.6. The molecule has 0 radical (unpaired) electrons. The minimum Gasteiger partial charge on any atom is -0.406 e. The lowest BCUT2D eigenvalue weighted by Gasteiger charge is -2.39. The molecule has 1 aromatic carbocycles. The van der Waals surface area contributed by atoms with Crippen molar-refractivity contribution in [1.82, 2.24) is 29.6 Å². The van der Waals surface area contributed by atoms with Gasteiger partial charge in [0.15, 0.2) is 5.65 Å². The molecule has 0 spiro atoms. The maximum absolute atomic E-state index is 13.5. The number of sulfonamides is 1. The van der Waals surface area contributed by atoms with Crippen molar-refractivity contribution >= 4 is 55.8 Å². The highest BCUT2D eigenvalue weighted by atomic mass is 35.5. The molecule has 1 N–H and O–H groups in total. The Bertz CT molecular complexity index is 1640. The van der Waals surface area contributed by atoms with Gasteiger partial charge in [0.1, 0.15) is 33.7 Å². The number of benzene rings is 1. The van der Waals surface area contributed by atoms with Gasteiger partial charge in [-0.3, -0.25) is 4.79 Å². The third-order valence-corrected chi connectivity index (χ3v) is 9.51. The Hall–Kier alpha value is -3.60. The van der Waals surface area contributed by atoms with Crippen molar-refractivity contribution in [3.05, 3.63) is 65.0 Å². The van der Waals surface area contributed by atoms with Gasteiger partial charge in [0.25, 0.3) is 10.0 Å². The third-order valence-electron chi connectivity index (χ3n) is 5.91. The number of fused-ring (bicyclic) bond motifs is 1. The molecule has 1 aliphatic heterocycles. The van der Waals surface area contributed by atoms with E-state index in [1.54, 1.807) is 4.90 Å². The van der Waals surface area contributed by atoms with Crippen LogP contribution in [0.3, 0.4) is 0 Å². The van der Waals surface area contributed by atoms with E-state index in [4.69, 9.17) is 11.6 Å². The van der Waals surface area contributed by atoms with Crippen LogP contribution in [0.1, 0.15) is 5.56 Å². The number of anilines is 1. The summed E-state index contributed by atoms with van der Waals surface area (Å²) in [6.45, 7) is 0.0673. The van der Waals surface area contributed by atoms with E-state index in [0.29, 0.717) is 22.5 Å². The highest BCUT2D eigenvalue weighted by Gasteiger charge is 2.41. The fourth-order valence-corrected chi connectivity index (χ4v) is 7.24. The number of halogens is 4. The van der Waals surface area contributed by atoms with Gasteiger partial charge in [-0.1, -0.05) is 23.7 Å². The van der Waals surface area contributed by atoms with Crippen molar-refractivity contribution in [3.63, 3.8) is 0 Å². The minimum absolute atomic E-state index is 0.00815. The predicted octanol–water partition coefficient (Wildman–Crippen LogP) is 3.23. The number of hydrogen-bond acceptors (Lipinski definition) is 10. The molecule has 17 heteroatoms. The Balaban J connectivity index is 1.37. The zero-order valence-electron chi connectivity index (χ0n) is 20.2.